The van der Waals surface area contributed by atoms with E-state index in [0.29, 0.717) is 18.5 Å². The van der Waals surface area contributed by atoms with E-state index in [1.54, 1.807) is 0 Å². The van der Waals surface area contributed by atoms with Gasteiger partial charge in [0.25, 0.3) is 0 Å². The predicted octanol–water partition coefficient (Wildman–Crippen LogP) is 3.05. The van der Waals surface area contributed by atoms with E-state index in [4.69, 9.17) is 0 Å². The second-order valence-corrected chi connectivity index (χ2v) is 5.45. The molecule has 1 aromatic rings. The summed E-state index contributed by atoms with van der Waals surface area (Å²) in [5, 5.41) is 0. The SMILES string of the molecule is Cc1ccc(N2C(=O)CC(C)CC2=O)c(Br)c1. The van der Waals surface area contributed by atoms with Crippen LogP contribution in [-0.2, 0) is 9.59 Å². The van der Waals surface area contributed by atoms with Gasteiger partial charge in [0.15, 0.2) is 0 Å². The second kappa shape index (κ2) is 4.61. The maximum Gasteiger partial charge on any atom is 0.234 e. The third kappa shape index (κ3) is 2.41. The van der Waals surface area contributed by atoms with Crippen LogP contribution in [0.5, 0.6) is 0 Å². The van der Waals surface area contributed by atoms with Gasteiger partial charge in [0.05, 0.1) is 5.69 Å². The minimum absolute atomic E-state index is 0.113. The molecule has 0 aliphatic carbocycles. The van der Waals surface area contributed by atoms with Crippen molar-refractivity contribution in [2.45, 2.75) is 26.7 Å². The molecule has 1 fully saturated rings. The molecule has 1 aliphatic heterocycles. The highest BCUT2D eigenvalue weighted by molar-refractivity contribution is 9.10. The Morgan fingerprint density at radius 3 is 2.35 bits per heavy atom. The molecule has 0 bridgehead atoms. The van der Waals surface area contributed by atoms with Crippen LogP contribution >= 0.6 is 15.9 Å². The standard InChI is InChI=1S/C13H14BrNO2/c1-8-3-4-11(10(14)5-8)15-12(16)6-9(2)7-13(15)17/h3-5,9H,6-7H2,1-2H3. The second-order valence-electron chi connectivity index (χ2n) is 4.59. The van der Waals surface area contributed by atoms with Crippen LogP contribution in [0.3, 0.4) is 0 Å². The van der Waals surface area contributed by atoms with Gasteiger partial charge in [-0.1, -0.05) is 13.0 Å². The summed E-state index contributed by atoms with van der Waals surface area (Å²) in [5.74, 6) is -0.0768. The number of amides is 2. The van der Waals surface area contributed by atoms with Crippen molar-refractivity contribution in [2.24, 2.45) is 5.92 Å². The molecule has 0 N–H and O–H groups in total. The molecule has 0 spiro atoms. The summed E-state index contributed by atoms with van der Waals surface area (Å²) in [4.78, 5) is 25.2. The molecule has 1 heterocycles. The van der Waals surface area contributed by atoms with Crippen LogP contribution in [0.4, 0.5) is 5.69 Å². The molecule has 0 aromatic heterocycles. The van der Waals surface area contributed by atoms with Gasteiger partial charge in [-0.3, -0.25) is 9.59 Å². The first-order chi connectivity index (χ1) is 7.99. The number of hydrogen-bond acceptors (Lipinski definition) is 2. The summed E-state index contributed by atoms with van der Waals surface area (Å²) < 4.78 is 0.786. The normalized spacial score (nSPS) is 17.7. The number of piperidine rings is 1. The van der Waals surface area contributed by atoms with E-state index in [2.05, 4.69) is 15.9 Å². The Bertz CT molecular complexity index is 466. The van der Waals surface area contributed by atoms with Gasteiger partial charge in [-0.2, -0.15) is 0 Å². The maximum atomic E-state index is 11.9. The fourth-order valence-corrected chi connectivity index (χ4v) is 2.72. The molecule has 17 heavy (non-hydrogen) atoms. The third-order valence-electron chi connectivity index (χ3n) is 2.89. The third-order valence-corrected chi connectivity index (χ3v) is 3.52. The minimum Gasteiger partial charge on any atom is -0.274 e. The molecule has 2 rings (SSSR count). The molecule has 1 aromatic carbocycles. The molecular weight excluding hydrogens is 282 g/mol. The number of rotatable bonds is 1. The number of halogens is 1. The molecule has 90 valence electrons. The number of hydrogen-bond donors (Lipinski definition) is 0. The Morgan fingerprint density at radius 1 is 1.24 bits per heavy atom. The van der Waals surface area contributed by atoms with Crippen molar-refractivity contribution in [1.29, 1.82) is 0 Å². The minimum atomic E-state index is -0.113. The van der Waals surface area contributed by atoms with Gasteiger partial charge in [-0.05, 0) is 46.5 Å². The number of benzene rings is 1. The molecule has 4 heteroatoms. The van der Waals surface area contributed by atoms with Crippen LogP contribution < -0.4 is 4.90 Å². The van der Waals surface area contributed by atoms with E-state index in [1.807, 2.05) is 32.0 Å². The number of carbonyl (C=O) groups excluding carboxylic acids is 2. The van der Waals surface area contributed by atoms with E-state index in [0.717, 1.165) is 10.0 Å². The van der Waals surface area contributed by atoms with E-state index >= 15 is 0 Å². The first kappa shape index (κ1) is 12.3. The summed E-state index contributed by atoms with van der Waals surface area (Å²) in [6.07, 6.45) is 0.873. The predicted molar refractivity (Wildman–Crippen MR) is 69.8 cm³/mol. The van der Waals surface area contributed by atoms with Crippen molar-refractivity contribution in [2.75, 3.05) is 4.90 Å². The van der Waals surface area contributed by atoms with Crippen molar-refractivity contribution >= 4 is 33.4 Å². The number of imide groups is 1. The lowest BCUT2D eigenvalue weighted by molar-refractivity contribution is -0.130. The molecule has 0 atom stereocenters. The van der Waals surface area contributed by atoms with E-state index in [9.17, 15) is 9.59 Å². The number of aryl methyl sites for hydroxylation is 1. The molecular formula is C13H14BrNO2. The maximum absolute atomic E-state index is 11.9. The summed E-state index contributed by atoms with van der Waals surface area (Å²) in [7, 11) is 0. The Balaban J connectivity index is 2.38. The van der Waals surface area contributed by atoms with Crippen molar-refractivity contribution in [3.05, 3.63) is 28.2 Å². The lowest BCUT2D eigenvalue weighted by atomic mass is 9.97. The van der Waals surface area contributed by atoms with Crippen LogP contribution in [0.1, 0.15) is 25.3 Å². The Hall–Kier alpha value is -1.16. The highest BCUT2D eigenvalue weighted by Gasteiger charge is 2.32. The summed E-state index contributed by atoms with van der Waals surface area (Å²) >= 11 is 3.41. The first-order valence-corrected chi connectivity index (χ1v) is 6.40. The lowest BCUT2D eigenvalue weighted by Gasteiger charge is -2.29. The monoisotopic (exact) mass is 295 g/mol. The average Bonchev–Trinajstić information content (AvgIpc) is 2.19. The van der Waals surface area contributed by atoms with Crippen molar-refractivity contribution in [3.8, 4) is 0 Å². The molecule has 0 radical (unpaired) electrons. The van der Waals surface area contributed by atoms with Crippen LogP contribution in [-0.4, -0.2) is 11.8 Å². The number of carbonyl (C=O) groups is 2. The van der Waals surface area contributed by atoms with Crippen LogP contribution in [0.15, 0.2) is 22.7 Å². The zero-order valence-corrected chi connectivity index (χ0v) is 11.5. The molecule has 3 nitrogen and oxygen atoms in total. The number of anilines is 1. The Kier molecular flexibility index (Phi) is 3.33. The fraction of sp³-hybridized carbons (Fsp3) is 0.385. The van der Waals surface area contributed by atoms with Gasteiger partial charge < -0.3 is 0 Å². The molecule has 2 amide bonds. The number of nitrogens with zero attached hydrogens (tertiary/aromatic N) is 1. The Morgan fingerprint density at radius 2 is 1.82 bits per heavy atom. The fourth-order valence-electron chi connectivity index (χ4n) is 2.05. The molecule has 1 aliphatic rings. The first-order valence-electron chi connectivity index (χ1n) is 5.61. The van der Waals surface area contributed by atoms with Crippen molar-refractivity contribution < 1.29 is 9.59 Å². The van der Waals surface area contributed by atoms with Crippen LogP contribution in [0.25, 0.3) is 0 Å². The highest BCUT2D eigenvalue weighted by atomic mass is 79.9. The van der Waals surface area contributed by atoms with Crippen LogP contribution in [0.2, 0.25) is 0 Å². The zero-order chi connectivity index (χ0) is 12.6. The topological polar surface area (TPSA) is 37.4 Å². The van der Waals surface area contributed by atoms with E-state index < -0.39 is 0 Å². The van der Waals surface area contributed by atoms with Gasteiger partial charge in [-0.25, -0.2) is 4.90 Å². The summed E-state index contributed by atoms with van der Waals surface area (Å²) in [6.45, 7) is 3.90. The van der Waals surface area contributed by atoms with Crippen molar-refractivity contribution in [3.63, 3.8) is 0 Å². The van der Waals surface area contributed by atoms with Gasteiger partial charge in [0.1, 0.15) is 0 Å². The van der Waals surface area contributed by atoms with E-state index in [1.165, 1.54) is 4.90 Å². The quantitative estimate of drug-likeness (QED) is 0.747. The summed E-state index contributed by atoms with van der Waals surface area (Å²) in [5.41, 5.74) is 1.74. The lowest BCUT2D eigenvalue weighted by Crippen LogP contribution is -2.43. The van der Waals surface area contributed by atoms with Gasteiger partial charge in [0.2, 0.25) is 11.8 Å². The van der Waals surface area contributed by atoms with Gasteiger partial charge >= 0.3 is 0 Å². The average molecular weight is 296 g/mol. The van der Waals surface area contributed by atoms with Gasteiger partial charge in [-0.15, -0.1) is 0 Å². The zero-order valence-electron chi connectivity index (χ0n) is 9.87. The van der Waals surface area contributed by atoms with Gasteiger partial charge in [0, 0.05) is 17.3 Å². The highest BCUT2D eigenvalue weighted by Crippen LogP contribution is 2.31. The smallest absolute Gasteiger partial charge is 0.234 e. The summed E-state index contributed by atoms with van der Waals surface area (Å²) in [6, 6.07) is 5.62. The van der Waals surface area contributed by atoms with E-state index in [-0.39, 0.29) is 17.7 Å². The Labute approximate surface area is 109 Å². The van der Waals surface area contributed by atoms with Crippen molar-refractivity contribution in [1.82, 2.24) is 0 Å². The molecule has 1 saturated heterocycles. The molecule has 0 saturated carbocycles. The van der Waals surface area contributed by atoms with Crippen LogP contribution in [0, 0.1) is 12.8 Å². The largest absolute Gasteiger partial charge is 0.274 e. The molecule has 0 unspecified atom stereocenters.